The summed E-state index contributed by atoms with van der Waals surface area (Å²) in [5.41, 5.74) is 4.53. The highest BCUT2D eigenvalue weighted by molar-refractivity contribution is 7.86. The van der Waals surface area contributed by atoms with Crippen LogP contribution in [0.2, 0.25) is 10.0 Å². The Labute approximate surface area is 231 Å². The average molecular weight is 588 g/mol. The number of halogens is 2. The Bertz CT molecular complexity index is 1660. The van der Waals surface area contributed by atoms with E-state index in [0.29, 0.717) is 11.1 Å². The fourth-order valence-corrected chi connectivity index (χ4v) is 5.81. The lowest BCUT2D eigenvalue weighted by Gasteiger charge is -2.10. The summed E-state index contributed by atoms with van der Waals surface area (Å²) in [6.07, 6.45) is 7.08. The Hall–Kier alpha value is -3.24. The SMILES string of the molecule is O=S(=O)(O)c1cc(/C=C/c2ccccc2-c2ccccc2/C=C/c2ccc(Cl)c(S(=O)(=O)O)c2)ccc1Cl. The second kappa shape index (κ2) is 11.2. The van der Waals surface area contributed by atoms with E-state index in [1.54, 1.807) is 24.3 Å². The molecule has 0 saturated carbocycles. The summed E-state index contributed by atoms with van der Waals surface area (Å²) < 4.78 is 65.2. The number of benzene rings is 4. The zero-order valence-corrected chi connectivity index (χ0v) is 22.6. The van der Waals surface area contributed by atoms with Gasteiger partial charge in [0.05, 0.1) is 10.0 Å². The van der Waals surface area contributed by atoms with Gasteiger partial charge in [-0.1, -0.05) is 108 Å². The van der Waals surface area contributed by atoms with Gasteiger partial charge in [0.2, 0.25) is 0 Å². The first-order valence-electron chi connectivity index (χ1n) is 11.0. The molecule has 6 nitrogen and oxygen atoms in total. The van der Waals surface area contributed by atoms with E-state index in [1.165, 1.54) is 24.3 Å². The van der Waals surface area contributed by atoms with Crippen molar-refractivity contribution in [1.29, 1.82) is 0 Å². The molecule has 2 N–H and O–H groups in total. The van der Waals surface area contributed by atoms with Gasteiger partial charge < -0.3 is 0 Å². The molecule has 0 aliphatic carbocycles. The van der Waals surface area contributed by atoms with Gasteiger partial charge in [-0.25, -0.2) is 0 Å². The van der Waals surface area contributed by atoms with Gasteiger partial charge in [0, 0.05) is 0 Å². The van der Waals surface area contributed by atoms with Crippen LogP contribution in [0.5, 0.6) is 0 Å². The Balaban J connectivity index is 1.71. The highest BCUT2D eigenvalue weighted by Crippen LogP contribution is 2.31. The molecule has 0 aliphatic rings. The van der Waals surface area contributed by atoms with E-state index >= 15 is 0 Å². The van der Waals surface area contributed by atoms with Gasteiger partial charge >= 0.3 is 0 Å². The lowest BCUT2D eigenvalue weighted by molar-refractivity contribution is 0.481. The Morgan fingerprint density at radius 3 is 1.26 bits per heavy atom. The van der Waals surface area contributed by atoms with Crippen LogP contribution < -0.4 is 0 Å². The molecule has 0 atom stereocenters. The number of rotatable bonds is 7. The van der Waals surface area contributed by atoms with Crippen molar-refractivity contribution in [3.8, 4) is 11.1 Å². The van der Waals surface area contributed by atoms with Crippen LogP contribution in [-0.2, 0) is 20.2 Å². The third kappa shape index (κ3) is 6.60. The first-order chi connectivity index (χ1) is 17.9. The van der Waals surface area contributed by atoms with Gasteiger partial charge in [-0.3, -0.25) is 9.11 Å². The minimum atomic E-state index is -4.47. The van der Waals surface area contributed by atoms with Gasteiger partial charge in [0.15, 0.2) is 0 Å². The molecule has 0 saturated heterocycles. The van der Waals surface area contributed by atoms with E-state index < -0.39 is 20.2 Å². The van der Waals surface area contributed by atoms with Crippen molar-refractivity contribution in [1.82, 2.24) is 0 Å². The molecule has 4 aromatic rings. The van der Waals surface area contributed by atoms with E-state index in [2.05, 4.69) is 0 Å². The summed E-state index contributed by atoms with van der Waals surface area (Å²) in [7, 11) is -8.93. The molecule has 0 aromatic heterocycles. The lowest BCUT2D eigenvalue weighted by atomic mass is 9.94. The monoisotopic (exact) mass is 586 g/mol. The maximum absolute atomic E-state index is 11.6. The average Bonchev–Trinajstić information content (AvgIpc) is 2.87. The standard InChI is InChI=1S/C28H20Cl2O6S2/c29-25-15-11-19(17-27(25)37(31,32)33)9-13-21-5-1-3-7-23(21)24-8-4-2-6-22(24)14-10-20-12-16-26(30)28(18-20)38(34,35)36/h1-18H,(H,31,32,33)(H,34,35,36)/b13-9+,14-10+. The van der Waals surface area contributed by atoms with Crippen LogP contribution in [0.3, 0.4) is 0 Å². The van der Waals surface area contributed by atoms with E-state index in [-0.39, 0.29) is 19.8 Å². The molecule has 0 radical (unpaired) electrons. The quantitative estimate of drug-likeness (QED) is 0.171. The molecule has 0 heterocycles. The third-order valence-electron chi connectivity index (χ3n) is 5.59. The lowest BCUT2D eigenvalue weighted by Crippen LogP contribution is -1.99. The summed E-state index contributed by atoms with van der Waals surface area (Å²) in [5, 5.41) is -0.148. The van der Waals surface area contributed by atoms with E-state index in [1.807, 2.05) is 60.7 Å². The van der Waals surface area contributed by atoms with Crippen molar-refractivity contribution >= 4 is 67.7 Å². The molecule has 0 fully saturated rings. The van der Waals surface area contributed by atoms with Gasteiger partial charge in [-0.2, -0.15) is 16.8 Å². The minimum Gasteiger partial charge on any atom is -0.282 e. The van der Waals surface area contributed by atoms with Crippen molar-refractivity contribution in [3.63, 3.8) is 0 Å². The molecule has 0 spiro atoms. The maximum atomic E-state index is 11.6. The van der Waals surface area contributed by atoms with Crippen LogP contribution in [0.15, 0.2) is 94.7 Å². The normalized spacial score (nSPS) is 12.4. The van der Waals surface area contributed by atoms with Crippen LogP contribution in [-0.4, -0.2) is 25.9 Å². The first kappa shape index (κ1) is 27.8. The molecule has 0 amide bonds. The van der Waals surface area contributed by atoms with E-state index in [0.717, 1.165) is 22.3 Å². The zero-order chi connectivity index (χ0) is 27.5. The molecule has 38 heavy (non-hydrogen) atoms. The molecule has 4 aromatic carbocycles. The molecule has 0 unspecified atom stereocenters. The highest BCUT2D eigenvalue weighted by atomic mass is 35.5. The van der Waals surface area contributed by atoms with Crippen LogP contribution in [0.25, 0.3) is 35.4 Å². The van der Waals surface area contributed by atoms with Crippen LogP contribution in [0.4, 0.5) is 0 Å². The van der Waals surface area contributed by atoms with Crippen LogP contribution >= 0.6 is 23.2 Å². The van der Waals surface area contributed by atoms with Gasteiger partial charge in [-0.15, -0.1) is 0 Å². The predicted molar refractivity (Wildman–Crippen MR) is 152 cm³/mol. The minimum absolute atomic E-state index is 0.0739. The summed E-state index contributed by atoms with van der Waals surface area (Å²) in [4.78, 5) is -0.742. The molecular weight excluding hydrogens is 567 g/mol. The summed E-state index contributed by atoms with van der Waals surface area (Å²) in [6.45, 7) is 0. The van der Waals surface area contributed by atoms with E-state index in [4.69, 9.17) is 23.2 Å². The maximum Gasteiger partial charge on any atom is 0.296 e. The molecule has 0 aliphatic heterocycles. The largest absolute Gasteiger partial charge is 0.296 e. The second-order valence-electron chi connectivity index (χ2n) is 8.17. The highest BCUT2D eigenvalue weighted by Gasteiger charge is 2.15. The Morgan fingerprint density at radius 2 is 0.895 bits per heavy atom. The fourth-order valence-electron chi connectivity index (χ4n) is 3.79. The topological polar surface area (TPSA) is 109 Å². The van der Waals surface area contributed by atoms with Crippen molar-refractivity contribution < 1.29 is 25.9 Å². The smallest absolute Gasteiger partial charge is 0.282 e. The van der Waals surface area contributed by atoms with Gasteiger partial charge in [0.1, 0.15) is 9.79 Å². The Morgan fingerprint density at radius 1 is 0.526 bits per heavy atom. The van der Waals surface area contributed by atoms with Gasteiger partial charge in [-0.05, 0) is 57.6 Å². The Kier molecular flexibility index (Phi) is 8.22. The predicted octanol–water partition coefficient (Wildman–Crippen LogP) is 7.49. The van der Waals surface area contributed by atoms with Gasteiger partial charge in [0.25, 0.3) is 20.2 Å². The van der Waals surface area contributed by atoms with E-state index in [9.17, 15) is 25.9 Å². The molecule has 194 valence electrons. The van der Waals surface area contributed by atoms with Crippen molar-refractivity contribution in [3.05, 3.63) is 117 Å². The van der Waals surface area contributed by atoms with Crippen LogP contribution in [0.1, 0.15) is 22.3 Å². The molecular formula is C28H20Cl2O6S2. The summed E-state index contributed by atoms with van der Waals surface area (Å²) in [5.74, 6) is 0. The molecule has 10 heteroatoms. The van der Waals surface area contributed by atoms with Crippen molar-refractivity contribution in [2.75, 3.05) is 0 Å². The second-order valence-corrected chi connectivity index (χ2v) is 11.8. The fraction of sp³-hybridized carbons (Fsp3) is 0. The van der Waals surface area contributed by atoms with Crippen molar-refractivity contribution in [2.24, 2.45) is 0 Å². The van der Waals surface area contributed by atoms with Crippen molar-refractivity contribution in [2.45, 2.75) is 9.79 Å². The number of hydrogen-bond acceptors (Lipinski definition) is 4. The molecule has 4 rings (SSSR count). The summed E-state index contributed by atoms with van der Waals surface area (Å²) in [6, 6.07) is 23.9. The first-order valence-corrected chi connectivity index (χ1v) is 14.7. The van der Waals surface area contributed by atoms with Crippen LogP contribution in [0, 0.1) is 0 Å². The number of hydrogen-bond donors (Lipinski definition) is 2. The molecule has 0 bridgehead atoms. The zero-order valence-electron chi connectivity index (χ0n) is 19.5. The third-order valence-corrected chi connectivity index (χ3v) is 8.26. The summed E-state index contributed by atoms with van der Waals surface area (Å²) >= 11 is 11.8.